The summed E-state index contributed by atoms with van der Waals surface area (Å²) < 4.78 is 12.2. The van der Waals surface area contributed by atoms with Crippen LogP contribution in [-0.4, -0.2) is 34.9 Å². The molecular weight excluding hydrogens is 414 g/mol. The number of benzene rings is 2. The Kier molecular flexibility index (Phi) is 7.57. The molecule has 1 amide bonds. The first-order valence-electron chi connectivity index (χ1n) is 10.1. The second-order valence-electron chi connectivity index (χ2n) is 7.04. The largest absolute Gasteiger partial charge is 0.493 e. The number of nitrogens with one attached hydrogen (secondary N) is 1. The molecule has 0 bridgehead atoms. The van der Waals surface area contributed by atoms with Gasteiger partial charge in [0.15, 0.2) is 16.7 Å². The SMILES string of the molecule is CCCn1c(SC(C)C(=O)NCc2ccc(OC)c(OC)c2)nc2ccccc2c1=O. The van der Waals surface area contributed by atoms with Crippen molar-refractivity contribution in [1.82, 2.24) is 14.9 Å². The van der Waals surface area contributed by atoms with Crippen molar-refractivity contribution in [3.8, 4) is 11.5 Å². The summed E-state index contributed by atoms with van der Waals surface area (Å²) in [6.45, 7) is 4.73. The van der Waals surface area contributed by atoms with Gasteiger partial charge in [0.1, 0.15) is 0 Å². The predicted molar refractivity (Wildman–Crippen MR) is 123 cm³/mol. The third kappa shape index (κ3) is 5.19. The molecule has 0 saturated heterocycles. The fourth-order valence-electron chi connectivity index (χ4n) is 3.19. The van der Waals surface area contributed by atoms with Crippen LogP contribution >= 0.6 is 11.8 Å². The summed E-state index contributed by atoms with van der Waals surface area (Å²) in [7, 11) is 3.16. The number of carbonyl (C=O) groups is 1. The molecule has 1 unspecified atom stereocenters. The van der Waals surface area contributed by atoms with Crippen molar-refractivity contribution < 1.29 is 14.3 Å². The van der Waals surface area contributed by atoms with E-state index in [1.165, 1.54) is 11.8 Å². The van der Waals surface area contributed by atoms with Crippen molar-refractivity contribution in [2.24, 2.45) is 0 Å². The van der Waals surface area contributed by atoms with Crippen LogP contribution in [0.2, 0.25) is 0 Å². The second-order valence-corrected chi connectivity index (χ2v) is 8.34. The molecule has 1 atom stereocenters. The molecule has 0 saturated carbocycles. The zero-order valence-electron chi connectivity index (χ0n) is 18.2. The summed E-state index contributed by atoms with van der Waals surface area (Å²) in [4.78, 5) is 30.3. The van der Waals surface area contributed by atoms with Gasteiger partial charge in [0, 0.05) is 13.1 Å². The molecule has 31 heavy (non-hydrogen) atoms. The molecule has 2 aromatic carbocycles. The number of methoxy groups -OCH3 is 2. The molecular formula is C23H27N3O4S. The Morgan fingerprint density at radius 1 is 1.16 bits per heavy atom. The molecule has 3 aromatic rings. The van der Waals surface area contributed by atoms with Gasteiger partial charge >= 0.3 is 0 Å². The molecule has 0 aliphatic carbocycles. The first kappa shape index (κ1) is 22.7. The van der Waals surface area contributed by atoms with Crippen molar-refractivity contribution in [3.63, 3.8) is 0 Å². The summed E-state index contributed by atoms with van der Waals surface area (Å²) in [5, 5.41) is 3.66. The topological polar surface area (TPSA) is 82.5 Å². The van der Waals surface area contributed by atoms with E-state index in [1.807, 2.05) is 44.2 Å². The first-order valence-corrected chi connectivity index (χ1v) is 11.0. The minimum atomic E-state index is -0.420. The molecule has 1 heterocycles. The van der Waals surface area contributed by atoms with E-state index in [0.717, 1.165) is 12.0 Å². The number of nitrogens with zero attached hydrogens (tertiary/aromatic N) is 2. The van der Waals surface area contributed by atoms with E-state index in [1.54, 1.807) is 30.9 Å². The van der Waals surface area contributed by atoms with E-state index in [-0.39, 0.29) is 11.5 Å². The number of hydrogen-bond acceptors (Lipinski definition) is 6. The molecule has 1 N–H and O–H groups in total. The zero-order chi connectivity index (χ0) is 22.4. The zero-order valence-corrected chi connectivity index (χ0v) is 19.0. The van der Waals surface area contributed by atoms with Gasteiger partial charge < -0.3 is 14.8 Å². The number of thioether (sulfide) groups is 1. The number of para-hydroxylation sites is 1. The highest BCUT2D eigenvalue weighted by Crippen LogP contribution is 2.28. The molecule has 0 radical (unpaired) electrons. The Morgan fingerprint density at radius 2 is 1.90 bits per heavy atom. The monoisotopic (exact) mass is 441 g/mol. The number of fused-ring (bicyclic) bond motifs is 1. The van der Waals surface area contributed by atoms with Crippen molar-refractivity contribution in [3.05, 3.63) is 58.4 Å². The van der Waals surface area contributed by atoms with E-state index in [4.69, 9.17) is 9.47 Å². The van der Waals surface area contributed by atoms with E-state index >= 15 is 0 Å². The lowest BCUT2D eigenvalue weighted by molar-refractivity contribution is -0.120. The van der Waals surface area contributed by atoms with E-state index in [0.29, 0.717) is 40.6 Å². The normalized spacial score (nSPS) is 11.9. The van der Waals surface area contributed by atoms with Crippen LogP contribution in [0.3, 0.4) is 0 Å². The lowest BCUT2D eigenvalue weighted by Crippen LogP contribution is -2.31. The Balaban J connectivity index is 1.74. The Hall–Kier alpha value is -3.00. The molecule has 1 aromatic heterocycles. The molecule has 7 nitrogen and oxygen atoms in total. The standard InChI is InChI=1S/C23H27N3O4S/c1-5-12-26-22(28)17-8-6-7-9-18(17)25-23(26)31-15(2)21(27)24-14-16-10-11-19(29-3)20(13-16)30-4/h6-11,13,15H,5,12,14H2,1-4H3,(H,24,27). The van der Waals surface area contributed by atoms with Gasteiger partial charge in [-0.2, -0.15) is 0 Å². The van der Waals surface area contributed by atoms with Crippen LogP contribution in [0.25, 0.3) is 10.9 Å². The minimum absolute atomic E-state index is 0.0760. The summed E-state index contributed by atoms with van der Waals surface area (Å²) in [5.74, 6) is 1.11. The highest BCUT2D eigenvalue weighted by atomic mass is 32.2. The Morgan fingerprint density at radius 3 is 2.61 bits per heavy atom. The maximum Gasteiger partial charge on any atom is 0.262 e. The van der Waals surface area contributed by atoms with Gasteiger partial charge in [-0.1, -0.05) is 36.9 Å². The average Bonchev–Trinajstić information content (AvgIpc) is 2.79. The third-order valence-corrected chi connectivity index (χ3v) is 5.93. The number of carbonyl (C=O) groups excluding carboxylic acids is 1. The number of rotatable bonds is 9. The molecule has 0 fully saturated rings. The highest BCUT2D eigenvalue weighted by molar-refractivity contribution is 8.00. The molecule has 0 aliphatic heterocycles. The van der Waals surface area contributed by atoms with Gasteiger partial charge in [-0.3, -0.25) is 14.2 Å². The minimum Gasteiger partial charge on any atom is -0.493 e. The van der Waals surface area contributed by atoms with Crippen LogP contribution in [-0.2, 0) is 17.9 Å². The van der Waals surface area contributed by atoms with Crippen molar-refractivity contribution in [2.45, 2.75) is 43.8 Å². The van der Waals surface area contributed by atoms with Crippen LogP contribution in [0, 0.1) is 0 Å². The van der Waals surface area contributed by atoms with Gasteiger partial charge in [0.25, 0.3) is 5.56 Å². The predicted octanol–water partition coefficient (Wildman–Crippen LogP) is 3.62. The highest BCUT2D eigenvalue weighted by Gasteiger charge is 2.19. The maximum atomic E-state index is 12.9. The maximum absolute atomic E-state index is 12.9. The Bertz CT molecular complexity index is 1130. The van der Waals surface area contributed by atoms with E-state index in [2.05, 4.69) is 10.3 Å². The van der Waals surface area contributed by atoms with Crippen LogP contribution in [0.4, 0.5) is 0 Å². The van der Waals surface area contributed by atoms with Gasteiger partial charge in [0.2, 0.25) is 5.91 Å². The number of aromatic nitrogens is 2. The number of hydrogen-bond donors (Lipinski definition) is 1. The van der Waals surface area contributed by atoms with Gasteiger partial charge in [-0.15, -0.1) is 0 Å². The fourth-order valence-corrected chi connectivity index (χ4v) is 4.15. The van der Waals surface area contributed by atoms with Crippen LogP contribution in [0.15, 0.2) is 52.4 Å². The third-order valence-electron chi connectivity index (χ3n) is 4.84. The fraction of sp³-hybridized carbons (Fsp3) is 0.348. The van der Waals surface area contributed by atoms with Crippen LogP contribution < -0.4 is 20.3 Å². The molecule has 0 spiro atoms. The number of amides is 1. The van der Waals surface area contributed by atoms with Crippen LogP contribution in [0.5, 0.6) is 11.5 Å². The summed E-state index contributed by atoms with van der Waals surface area (Å²) in [5.41, 5.74) is 1.46. The summed E-state index contributed by atoms with van der Waals surface area (Å²) in [6, 6.07) is 12.8. The quantitative estimate of drug-likeness (QED) is 0.403. The van der Waals surface area contributed by atoms with Crippen molar-refractivity contribution in [2.75, 3.05) is 14.2 Å². The lowest BCUT2D eigenvalue weighted by atomic mass is 10.2. The van der Waals surface area contributed by atoms with Crippen LogP contribution in [0.1, 0.15) is 25.8 Å². The lowest BCUT2D eigenvalue weighted by Gasteiger charge is -2.16. The summed E-state index contributed by atoms with van der Waals surface area (Å²) in [6.07, 6.45) is 0.799. The molecule has 164 valence electrons. The van der Waals surface area contributed by atoms with Crippen molar-refractivity contribution in [1.29, 1.82) is 0 Å². The van der Waals surface area contributed by atoms with Crippen molar-refractivity contribution >= 4 is 28.6 Å². The van der Waals surface area contributed by atoms with Gasteiger partial charge in [-0.05, 0) is 43.2 Å². The number of ether oxygens (including phenoxy) is 2. The van der Waals surface area contributed by atoms with Gasteiger partial charge in [-0.25, -0.2) is 4.98 Å². The van der Waals surface area contributed by atoms with E-state index in [9.17, 15) is 9.59 Å². The first-order chi connectivity index (χ1) is 15.0. The summed E-state index contributed by atoms with van der Waals surface area (Å²) >= 11 is 1.29. The Labute approximate surface area is 185 Å². The van der Waals surface area contributed by atoms with E-state index < -0.39 is 5.25 Å². The molecule has 0 aliphatic rings. The molecule has 8 heteroatoms. The van der Waals surface area contributed by atoms with Gasteiger partial charge in [0.05, 0.1) is 30.4 Å². The second kappa shape index (κ2) is 10.3. The smallest absolute Gasteiger partial charge is 0.262 e. The average molecular weight is 442 g/mol. The molecule has 3 rings (SSSR count).